The smallest absolute Gasteiger partial charge is 0.161 e. The average Bonchev–Trinajstić information content (AvgIpc) is 3.13. The van der Waals surface area contributed by atoms with E-state index in [4.69, 9.17) is 32.7 Å². The Bertz CT molecular complexity index is 862. The van der Waals surface area contributed by atoms with Crippen LogP contribution in [0, 0.1) is 0 Å². The number of methoxy groups -OCH3 is 1. The second-order valence-electron chi connectivity index (χ2n) is 4.99. The molecular formula is C17H14Cl2N4O2. The van der Waals surface area contributed by atoms with Crippen molar-refractivity contribution in [2.45, 2.75) is 6.61 Å². The van der Waals surface area contributed by atoms with E-state index < -0.39 is 0 Å². The van der Waals surface area contributed by atoms with Crippen LogP contribution in [0.1, 0.15) is 11.1 Å². The second-order valence-corrected chi connectivity index (χ2v) is 5.80. The van der Waals surface area contributed by atoms with Gasteiger partial charge in [0.25, 0.3) is 0 Å². The zero-order valence-corrected chi connectivity index (χ0v) is 14.8. The molecule has 128 valence electrons. The molecule has 3 rings (SSSR count). The minimum Gasteiger partial charge on any atom is -0.493 e. The Morgan fingerprint density at radius 1 is 1.08 bits per heavy atom. The van der Waals surface area contributed by atoms with Gasteiger partial charge in [-0.05, 0) is 35.9 Å². The van der Waals surface area contributed by atoms with Crippen LogP contribution in [0.15, 0.2) is 54.2 Å². The van der Waals surface area contributed by atoms with Crippen LogP contribution in [-0.4, -0.2) is 28.2 Å². The Labute approximate surface area is 154 Å². The molecule has 3 aromatic rings. The predicted molar refractivity (Wildman–Crippen MR) is 96.8 cm³/mol. The number of ether oxygens (including phenoxy) is 2. The van der Waals surface area contributed by atoms with E-state index in [1.807, 2.05) is 12.1 Å². The van der Waals surface area contributed by atoms with Crippen molar-refractivity contribution in [2.24, 2.45) is 5.10 Å². The Morgan fingerprint density at radius 2 is 1.80 bits per heavy atom. The van der Waals surface area contributed by atoms with Crippen molar-refractivity contribution in [3.63, 3.8) is 0 Å². The van der Waals surface area contributed by atoms with Crippen LogP contribution in [0.4, 0.5) is 0 Å². The van der Waals surface area contributed by atoms with Crippen LogP contribution in [-0.2, 0) is 6.61 Å². The van der Waals surface area contributed by atoms with Crippen LogP contribution >= 0.6 is 23.2 Å². The summed E-state index contributed by atoms with van der Waals surface area (Å²) in [6.45, 7) is 0.239. The molecule has 6 nitrogen and oxygen atoms in total. The Morgan fingerprint density at radius 3 is 2.48 bits per heavy atom. The first-order valence-electron chi connectivity index (χ1n) is 7.30. The molecule has 0 radical (unpaired) electrons. The first-order valence-corrected chi connectivity index (χ1v) is 8.05. The molecule has 0 aliphatic carbocycles. The lowest BCUT2D eigenvalue weighted by molar-refractivity contribution is 0.284. The lowest BCUT2D eigenvalue weighted by Crippen LogP contribution is -2.00. The van der Waals surface area contributed by atoms with Crippen LogP contribution < -0.4 is 9.47 Å². The number of aromatic nitrogens is 3. The molecule has 1 heterocycles. The second kappa shape index (κ2) is 8.00. The maximum atomic E-state index is 6.16. The van der Waals surface area contributed by atoms with Gasteiger partial charge in [-0.25, -0.2) is 4.68 Å². The Balaban J connectivity index is 1.76. The van der Waals surface area contributed by atoms with Crippen molar-refractivity contribution in [1.29, 1.82) is 0 Å². The zero-order chi connectivity index (χ0) is 17.6. The summed E-state index contributed by atoms with van der Waals surface area (Å²) in [6, 6.07) is 10.8. The van der Waals surface area contributed by atoms with E-state index >= 15 is 0 Å². The molecule has 0 aliphatic heterocycles. The lowest BCUT2D eigenvalue weighted by atomic mass is 10.2. The van der Waals surface area contributed by atoms with Gasteiger partial charge in [-0.1, -0.05) is 29.3 Å². The summed E-state index contributed by atoms with van der Waals surface area (Å²) in [5.74, 6) is 1.16. The predicted octanol–water partition coefficient (Wildman–Crippen LogP) is 4.05. The number of nitrogens with zero attached hydrogens (tertiary/aromatic N) is 4. The molecule has 8 heteroatoms. The van der Waals surface area contributed by atoms with Gasteiger partial charge in [0.15, 0.2) is 11.5 Å². The molecule has 25 heavy (non-hydrogen) atoms. The fourth-order valence-electron chi connectivity index (χ4n) is 2.09. The van der Waals surface area contributed by atoms with Gasteiger partial charge in [0.1, 0.15) is 19.3 Å². The SMILES string of the molecule is COc1cc(C=Nn2cnnc2)ccc1OCc1c(Cl)cccc1Cl. The van der Waals surface area contributed by atoms with Gasteiger partial charge < -0.3 is 9.47 Å². The lowest BCUT2D eigenvalue weighted by Gasteiger charge is -2.13. The summed E-state index contributed by atoms with van der Waals surface area (Å²) < 4.78 is 12.7. The van der Waals surface area contributed by atoms with Gasteiger partial charge in [0, 0.05) is 15.6 Å². The zero-order valence-electron chi connectivity index (χ0n) is 13.3. The fourth-order valence-corrected chi connectivity index (χ4v) is 2.60. The summed E-state index contributed by atoms with van der Waals surface area (Å²) in [4.78, 5) is 0. The molecular weight excluding hydrogens is 363 g/mol. The summed E-state index contributed by atoms with van der Waals surface area (Å²) in [5.41, 5.74) is 1.57. The van der Waals surface area contributed by atoms with Gasteiger partial charge >= 0.3 is 0 Å². The number of hydrogen-bond donors (Lipinski definition) is 0. The quantitative estimate of drug-likeness (QED) is 0.608. The Hall–Kier alpha value is -2.57. The highest BCUT2D eigenvalue weighted by Crippen LogP contribution is 2.31. The third kappa shape index (κ3) is 4.29. The summed E-state index contributed by atoms with van der Waals surface area (Å²) in [7, 11) is 1.57. The van der Waals surface area contributed by atoms with Crippen molar-refractivity contribution < 1.29 is 9.47 Å². The fraction of sp³-hybridized carbons (Fsp3) is 0.118. The van der Waals surface area contributed by atoms with Gasteiger partial charge in [-0.2, -0.15) is 5.10 Å². The van der Waals surface area contributed by atoms with Crippen molar-refractivity contribution in [1.82, 2.24) is 14.9 Å². The van der Waals surface area contributed by atoms with E-state index in [0.717, 1.165) is 11.1 Å². The van der Waals surface area contributed by atoms with Crippen LogP contribution in [0.3, 0.4) is 0 Å². The third-order valence-electron chi connectivity index (χ3n) is 3.37. The largest absolute Gasteiger partial charge is 0.493 e. The molecule has 2 aromatic carbocycles. The van der Waals surface area contributed by atoms with Crippen LogP contribution in [0.5, 0.6) is 11.5 Å². The van der Waals surface area contributed by atoms with E-state index in [1.165, 1.54) is 17.3 Å². The minimum atomic E-state index is 0.239. The van der Waals surface area contributed by atoms with Crippen molar-refractivity contribution in [3.05, 3.63) is 70.2 Å². The first kappa shape index (κ1) is 17.3. The molecule has 0 N–H and O–H groups in total. The molecule has 0 saturated heterocycles. The highest BCUT2D eigenvalue weighted by atomic mass is 35.5. The molecule has 0 unspecified atom stereocenters. The van der Waals surface area contributed by atoms with Gasteiger partial charge in [-0.15, -0.1) is 10.2 Å². The van der Waals surface area contributed by atoms with E-state index in [2.05, 4.69) is 15.3 Å². The third-order valence-corrected chi connectivity index (χ3v) is 4.08. The summed E-state index contributed by atoms with van der Waals surface area (Å²) in [5, 5.41) is 12.7. The standard InChI is InChI=1S/C17H14Cl2N4O2/c1-24-17-7-12(8-22-23-10-20-21-11-23)5-6-16(17)25-9-13-14(18)3-2-4-15(13)19/h2-8,10-11H,9H2,1H3. The molecule has 0 aliphatic rings. The maximum Gasteiger partial charge on any atom is 0.161 e. The number of rotatable bonds is 6. The minimum absolute atomic E-state index is 0.239. The molecule has 0 bridgehead atoms. The van der Waals surface area contributed by atoms with Gasteiger partial charge in [0.2, 0.25) is 0 Å². The van der Waals surface area contributed by atoms with E-state index in [9.17, 15) is 0 Å². The number of hydrogen-bond acceptors (Lipinski definition) is 5. The molecule has 0 atom stereocenters. The topological polar surface area (TPSA) is 61.5 Å². The Kier molecular flexibility index (Phi) is 5.53. The van der Waals surface area contributed by atoms with E-state index in [-0.39, 0.29) is 6.61 Å². The van der Waals surface area contributed by atoms with Gasteiger partial charge in [0.05, 0.1) is 13.3 Å². The molecule has 0 amide bonds. The molecule has 0 fully saturated rings. The van der Waals surface area contributed by atoms with Crippen molar-refractivity contribution in [3.8, 4) is 11.5 Å². The average molecular weight is 377 g/mol. The normalized spacial score (nSPS) is 11.0. The summed E-state index contributed by atoms with van der Waals surface area (Å²) >= 11 is 12.3. The van der Waals surface area contributed by atoms with Gasteiger partial charge in [-0.3, -0.25) is 0 Å². The molecule has 0 spiro atoms. The number of benzene rings is 2. The first-order chi connectivity index (χ1) is 12.2. The molecule has 1 aromatic heterocycles. The molecule has 0 saturated carbocycles. The number of halogens is 2. The highest BCUT2D eigenvalue weighted by molar-refractivity contribution is 6.35. The van der Waals surface area contributed by atoms with Crippen LogP contribution in [0.25, 0.3) is 0 Å². The monoisotopic (exact) mass is 376 g/mol. The summed E-state index contributed by atoms with van der Waals surface area (Å²) in [6.07, 6.45) is 4.66. The highest BCUT2D eigenvalue weighted by Gasteiger charge is 2.09. The van der Waals surface area contributed by atoms with E-state index in [1.54, 1.807) is 37.6 Å². The van der Waals surface area contributed by atoms with Crippen molar-refractivity contribution in [2.75, 3.05) is 7.11 Å². The van der Waals surface area contributed by atoms with E-state index in [0.29, 0.717) is 21.5 Å². The maximum absolute atomic E-state index is 6.16. The van der Waals surface area contributed by atoms with Crippen LogP contribution in [0.2, 0.25) is 10.0 Å². The van der Waals surface area contributed by atoms with Crippen molar-refractivity contribution >= 4 is 29.4 Å².